The quantitative estimate of drug-likeness (QED) is 0.583. The van der Waals surface area contributed by atoms with E-state index in [1.54, 1.807) is 0 Å². The average Bonchev–Trinajstić information content (AvgIpc) is 3.29. The van der Waals surface area contributed by atoms with Crippen LogP contribution in [-0.2, 0) is 0 Å². The Labute approximate surface area is 171 Å². The summed E-state index contributed by atoms with van der Waals surface area (Å²) in [5.41, 5.74) is 7.82. The molecule has 4 nitrogen and oxygen atoms in total. The van der Waals surface area contributed by atoms with Crippen LogP contribution in [0.1, 0.15) is 54.2 Å². The zero-order valence-electron chi connectivity index (χ0n) is 17.2. The molecule has 0 aliphatic heterocycles. The van der Waals surface area contributed by atoms with Crippen molar-refractivity contribution in [3.8, 4) is 17.2 Å². The molecule has 1 heterocycles. The Bertz CT molecular complexity index is 1160. The molecule has 4 heteroatoms. The monoisotopic (exact) mass is 383 g/mol. The van der Waals surface area contributed by atoms with E-state index in [9.17, 15) is 5.26 Å². The lowest BCUT2D eigenvalue weighted by atomic mass is 9.87. The van der Waals surface area contributed by atoms with Crippen molar-refractivity contribution < 1.29 is 4.42 Å². The maximum Gasteiger partial charge on any atom is 0.198 e. The number of benzene rings is 2. The predicted molar refractivity (Wildman–Crippen MR) is 116 cm³/mol. The predicted octanol–water partition coefficient (Wildman–Crippen LogP) is 5.66. The van der Waals surface area contributed by atoms with E-state index in [0.29, 0.717) is 17.5 Å². The molecule has 5 rings (SSSR count). The Morgan fingerprint density at radius 3 is 2.48 bits per heavy atom. The Balaban J connectivity index is 1.85. The Morgan fingerprint density at radius 1 is 1.10 bits per heavy atom. The molecule has 1 atom stereocenters. The summed E-state index contributed by atoms with van der Waals surface area (Å²) in [5, 5.41) is 9.97. The van der Waals surface area contributed by atoms with Crippen LogP contribution in [0.2, 0.25) is 0 Å². The van der Waals surface area contributed by atoms with Crippen LogP contribution in [0.5, 0.6) is 0 Å². The molecule has 1 aromatic heterocycles. The van der Waals surface area contributed by atoms with E-state index in [0.717, 1.165) is 64.9 Å². The van der Waals surface area contributed by atoms with E-state index in [4.69, 9.17) is 9.40 Å². The van der Waals surface area contributed by atoms with Crippen LogP contribution in [0.4, 0.5) is 0 Å². The highest BCUT2D eigenvalue weighted by molar-refractivity contribution is 6.01. The van der Waals surface area contributed by atoms with Gasteiger partial charge >= 0.3 is 0 Å². The van der Waals surface area contributed by atoms with Gasteiger partial charge in [-0.15, -0.1) is 0 Å². The minimum absolute atomic E-state index is 0.411. The van der Waals surface area contributed by atoms with Crippen molar-refractivity contribution in [3.05, 3.63) is 59.0 Å². The van der Waals surface area contributed by atoms with Crippen molar-refractivity contribution in [2.24, 2.45) is 0 Å². The van der Waals surface area contributed by atoms with Crippen LogP contribution in [0.3, 0.4) is 0 Å². The molecule has 0 spiro atoms. The number of allylic oxidation sites excluding steroid dienone is 1. The first-order valence-electron chi connectivity index (χ1n) is 10.4. The Kier molecular flexibility index (Phi) is 4.29. The highest BCUT2D eigenvalue weighted by atomic mass is 16.3. The lowest BCUT2D eigenvalue weighted by Crippen LogP contribution is -2.23. The van der Waals surface area contributed by atoms with Gasteiger partial charge in [0.05, 0.1) is 5.56 Å². The zero-order valence-corrected chi connectivity index (χ0v) is 17.2. The van der Waals surface area contributed by atoms with Gasteiger partial charge in [-0.3, -0.25) is 0 Å². The SMILES string of the molecule is Cc1c(-c2ccccc2)c(C2=CC(N(C)C)CC2)c2oc(C3CC3)nc2c1C#N. The fraction of sp³-hybridized carbons (Fsp3) is 0.360. The topological polar surface area (TPSA) is 53.1 Å². The summed E-state index contributed by atoms with van der Waals surface area (Å²) in [7, 11) is 4.25. The first-order chi connectivity index (χ1) is 14.1. The summed E-state index contributed by atoms with van der Waals surface area (Å²) in [6.45, 7) is 2.05. The number of aromatic nitrogens is 1. The van der Waals surface area contributed by atoms with Crippen LogP contribution >= 0.6 is 0 Å². The van der Waals surface area contributed by atoms with Gasteiger partial charge in [0.15, 0.2) is 11.5 Å². The molecular weight excluding hydrogens is 358 g/mol. The van der Waals surface area contributed by atoms with Crippen molar-refractivity contribution in [3.63, 3.8) is 0 Å². The summed E-state index contributed by atoms with van der Waals surface area (Å²) < 4.78 is 6.37. The molecule has 0 radical (unpaired) electrons. The average molecular weight is 383 g/mol. The van der Waals surface area contributed by atoms with Crippen molar-refractivity contribution in [2.45, 2.75) is 44.6 Å². The number of hydrogen-bond acceptors (Lipinski definition) is 4. The molecule has 0 N–H and O–H groups in total. The molecule has 2 aromatic carbocycles. The fourth-order valence-corrected chi connectivity index (χ4v) is 4.51. The van der Waals surface area contributed by atoms with Crippen LogP contribution in [0.25, 0.3) is 27.8 Å². The van der Waals surface area contributed by atoms with Crippen LogP contribution in [0.15, 0.2) is 40.8 Å². The maximum atomic E-state index is 9.97. The van der Waals surface area contributed by atoms with Gasteiger partial charge in [-0.2, -0.15) is 5.26 Å². The molecule has 1 saturated carbocycles. The smallest absolute Gasteiger partial charge is 0.198 e. The van der Waals surface area contributed by atoms with Crippen molar-refractivity contribution >= 4 is 16.7 Å². The van der Waals surface area contributed by atoms with Gasteiger partial charge in [0, 0.05) is 17.5 Å². The Hall–Kier alpha value is -2.90. The second kappa shape index (κ2) is 6.86. The van der Waals surface area contributed by atoms with Gasteiger partial charge in [-0.25, -0.2) is 4.98 Å². The number of likely N-dealkylation sites (N-methyl/N-ethyl adjacent to an activating group) is 1. The van der Waals surface area contributed by atoms with Gasteiger partial charge in [-0.1, -0.05) is 36.4 Å². The third-order valence-electron chi connectivity index (χ3n) is 6.30. The highest BCUT2D eigenvalue weighted by Gasteiger charge is 2.33. The van der Waals surface area contributed by atoms with Gasteiger partial charge in [-0.05, 0) is 69.0 Å². The second-order valence-electron chi connectivity index (χ2n) is 8.49. The summed E-state index contributed by atoms with van der Waals surface area (Å²) in [5.74, 6) is 1.21. The summed E-state index contributed by atoms with van der Waals surface area (Å²) >= 11 is 0. The second-order valence-corrected chi connectivity index (χ2v) is 8.49. The lowest BCUT2D eigenvalue weighted by molar-refractivity contribution is 0.340. The number of oxazole rings is 1. The van der Waals surface area contributed by atoms with Crippen LogP contribution in [-0.4, -0.2) is 30.0 Å². The lowest BCUT2D eigenvalue weighted by Gasteiger charge is -2.16. The van der Waals surface area contributed by atoms with Crippen molar-refractivity contribution in [1.82, 2.24) is 9.88 Å². The first kappa shape index (κ1) is 18.1. The fourth-order valence-electron chi connectivity index (χ4n) is 4.51. The number of nitriles is 1. The van der Waals surface area contributed by atoms with Crippen molar-refractivity contribution in [1.29, 1.82) is 5.26 Å². The van der Waals surface area contributed by atoms with E-state index in [1.807, 2.05) is 13.0 Å². The van der Waals surface area contributed by atoms with Crippen molar-refractivity contribution in [2.75, 3.05) is 14.1 Å². The van der Waals surface area contributed by atoms with E-state index in [-0.39, 0.29) is 0 Å². The molecule has 1 unspecified atom stereocenters. The number of fused-ring (bicyclic) bond motifs is 1. The molecule has 2 aliphatic carbocycles. The van der Waals surface area contributed by atoms with E-state index in [2.05, 4.69) is 55.4 Å². The molecule has 0 saturated heterocycles. The normalized spacial score (nSPS) is 19.0. The number of nitrogens with zero attached hydrogens (tertiary/aromatic N) is 3. The summed E-state index contributed by atoms with van der Waals surface area (Å²) in [6, 6.07) is 13.2. The molecule has 3 aromatic rings. The van der Waals surface area contributed by atoms with Gasteiger partial charge < -0.3 is 9.32 Å². The third-order valence-corrected chi connectivity index (χ3v) is 6.30. The van der Waals surface area contributed by atoms with E-state index in [1.165, 1.54) is 5.57 Å². The van der Waals surface area contributed by atoms with Gasteiger partial charge in [0.1, 0.15) is 11.6 Å². The van der Waals surface area contributed by atoms with Crippen LogP contribution < -0.4 is 0 Å². The molecule has 1 fully saturated rings. The van der Waals surface area contributed by atoms with Gasteiger partial charge in [0.25, 0.3) is 0 Å². The summed E-state index contributed by atoms with van der Waals surface area (Å²) in [6.07, 6.45) is 6.72. The molecule has 2 aliphatic rings. The third kappa shape index (κ3) is 2.97. The Morgan fingerprint density at radius 2 is 1.86 bits per heavy atom. The highest BCUT2D eigenvalue weighted by Crippen LogP contribution is 2.47. The van der Waals surface area contributed by atoms with E-state index >= 15 is 0 Å². The largest absolute Gasteiger partial charge is 0.440 e. The molecule has 146 valence electrons. The standard InChI is InChI=1S/C25H25N3O/c1-15-20(14-26)23-24(29-25(27-23)17-9-10-17)22(18-11-12-19(13-18)28(2)3)21(15)16-7-5-4-6-8-16/h4-8,13,17,19H,9-12H2,1-3H3. The minimum Gasteiger partial charge on any atom is -0.440 e. The van der Waals surface area contributed by atoms with Crippen LogP contribution in [0, 0.1) is 18.3 Å². The maximum absolute atomic E-state index is 9.97. The van der Waals surface area contributed by atoms with E-state index < -0.39 is 0 Å². The number of rotatable bonds is 4. The zero-order chi connectivity index (χ0) is 20.1. The minimum atomic E-state index is 0.411. The van der Waals surface area contributed by atoms with Gasteiger partial charge in [0.2, 0.25) is 0 Å². The molecule has 29 heavy (non-hydrogen) atoms. The number of hydrogen-bond donors (Lipinski definition) is 0. The molecule has 0 amide bonds. The summed E-state index contributed by atoms with van der Waals surface area (Å²) in [4.78, 5) is 7.06. The first-order valence-corrected chi connectivity index (χ1v) is 10.4. The molecular formula is C25H25N3O. The molecule has 0 bridgehead atoms.